The molecule has 0 bridgehead atoms. The van der Waals surface area contributed by atoms with Gasteiger partial charge in [-0.3, -0.25) is 0 Å². The molecule has 2 aromatic heterocycles. The van der Waals surface area contributed by atoms with Gasteiger partial charge < -0.3 is 20.7 Å². The monoisotopic (exact) mass is 472 g/mol. The summed E-state index contributed by atoms with van der Waals surface area (Å²) in [6, 6.07) is 6.67. The van der Waals surface area contributed by atoms with Gasteiger partial charge in [0.25, 0.3) is 0 Å². The largest absolute Gasteiger partial charge is 0.383 e. The number of ether oxygens (including phenoxy) is 1. The molecule has 0 atom stereocenters. The van der Waals surface area contributed by atoms with Crippen LogP contribution >= 0.6 is 11.6 Å². The summed E-state index contributed by atoms with van der Waals surface area (Å²) in [6.45, 7) is 2.09. The Morgan fingerprint density at radius 1 is 1.18 bits per heavy atom. The fourth-order valence-electron chi connectivity index (χ4n) is 4.22. The Labute approximate surface area is 199 Å². The van der Waals surface area contributed by atoms with E-state index in [9.17, 15) is 9.65 Å². The van der Waals surface area contributed by atoms with Crippen molar-refractivity contribution in [3.8, 4) is 17.2 Å². The average molecular weight is 473 g/mol. The second-order valence-electron chi connectivity index (χ2n) is 9.00. The minimum Gasteiger partial charge on any atom is -0.383 e. The van der Waals surface area contributed by atoms with Crippen LogP contribution in [0.15, 0.2) is 24.5 Å². The first-order chi connectivity index (χ1) is 16.0. The summed E-state index contributed by atoms with van der Waals surface area (Å²) < 4.78 is 19.8. The SMILES string of the molecule is COCCNC1CCC(Nc2cc(-c3cnc(Cl)c(NCC4(C#N)CC4)c3)c(F)cn2)CC1. The molecule has 0 aliphatic heterocycles. The fraction of sp³-hybridized carbons (Fsp3) is 0.542. The highest BCUT2D eigenvalue weighted by Crippen LogP contribution is 2.45. The number of halogens is 2. The Bertz CT molecular complexity index is 1000. The average Bonchev–Trinajstić information content (AvgIpc) is 3.62. The first-order valence-corrected chi connectivity index (χ1v) is 11.9. The fourth-order valence-corrected chi connectivity index (χ4v) is 4.39. The van der Waals surface area contributed by atoms with Gasteiger partial charge >= 0.3 is 0 Å². The molecule has 3 N–H and O–H groups in total. The zero-order valence-corrected chi connectivity index (χ0v) is 19.6. The van der Waals surface area contributed by atoms with Crippen molar-refractivity contribution in [3.63, 3.8) is 0 Å². The van der Waals surface area contributed by atoms with Gasteiger partial charge in [0.2, 0.25) is 0 Å². The van der Waals surface area contributed by atoms with Crippen molar-refractivity contribution in [1.82, 2.24) is 15.3 Å². The number of hydrogen-bond donors (Lipinski definition) is 3. The number of anilines is 2. The van der Waals surface area contributed by atoms with Crippen LogP contribution in [0, 0.1) is 22.6 Å². The molecule has 2 fully saturated rings. The van der Waals surface area contributed by atoms with E-state index in [0.29, 0.717) is 46.4 Å². The highest BCUT2D eigenvalue weighted by molar-refractivity contribution is 6.32. The second-order valence-corrected chi connectivity index (χ2v) is 9.36. The van der Waals surface area contributed by atoms with Gasteiger partial charge in [0.05, 0.1) is 30.0 Å². The lowest BCUT2D eigenvalue weighted by Gasteiger charge is -2.30. The van der Waals surface area contributed by atoms with Gasteiger partial charge in [-0.2, -0.15) is 5.26 Å². The summed E-state index contributed by atoms with van der Waals surface area (Å²) in [5.41, 5.74) is 1.30. The quantitative estimate of drug-likeness (QED) is 0.343. The molecular formula is C24H30ClFN6O. The molecule has 0 radical (unpaired) electrons. The predicted molar refractivity (Wildman–Crippen MR) is 128 cm³/mol. The predicted octanol–water partition coefficient (Wildman–Crippen LogP) is 4.61. The maximum absolute atomic E-state index is 14.7. The van der Waals surface area contributed by atoms with Crippen LogP contribution in [0.3, 0.4) is 0 Å². The standard InChI is InChI=1S/C24H30ClFN6O/c1-33-9-8-28-17-2-4-18(5-3-17)32-22-11-19(20(26)13-29-22)16-10-21(23(25)30-12-16)31-15-24(14-27)6-7-24/h10-13,17-18,28,31H,2-9,15H2,1H3,(H,29,32). The molecule has 0 amide bonds. The van der Waals surface area contributed by atoms with Gasteiger partial charge in [-0.15, -0.1) is 0 Å². The van der Waals surface area contributed by atoms with Crippen molar-refractivity contribution < 1.29 is 9.13 Å². The Morgan fingerprint density at radius 3 is 2.64 bits per heavy atom. The molecule has 2 aliphatic carbocycles. The number of aromatic nitrogens is 2. The molecule has 2 saturated carbocycles. The molecular weight excluding hydrogens is 443 g/mol. The van der Waals surface area contributed by atoms with Crippen LogP contribution in [0.4, 0.5) is 15.9 Å². The number of methoxy groups -OCH3 is 1. The third kappa shape index (κ3) is 6.11. The molecule has 0 spiro atoms. The molecule has 9 heteroatoms. The Morgan fingerprint density at radius 2 is 1.94 bits per heavy atom. The molecule has 7 nitrogen and oxygen atoms in total. The number of rotatable bonds is 10. The first kappa shape index (κ1) is 23.7. The minimum atomic E-state index is -0.419. The van der Waals surface area contributed by atoms with Crippen LogP contribution in [0.1, 0.15) is 38.5 Å². The van der Waals surface area contributed by atoms with E-state index >= 15 is 0 Å². The summed E-state index contributed by atoms with van der Waals surface area (Å²) in [5.74, 6) is 0.227. The number of nitrogens with zero attached hydrogens (tertiary/aromatic N) is 3. The third-order valence-corrected chi connectivity index (χ3v) is 6.83. The van der Waals surface area contributed by atoms with Crippen molar-refractivity contribution in [2.75, 3.05) is 37.4 Å². The molecule has 176 valence electrons. The summed E-state index contributed by atoms with van der Waals surface area (Å²) in [4.78, 5) is 8.47. The number of hydrogen-bond acceptors (Lipinski definition) is 7. The van der Waals surface area contributed by atoms with E-state index in [4.69, 9.17) is 16.3 Å². The summed E-state index contributed by atoms with van der Waals surface area (Å²) in [6.07, 6.45) is 8.76. The van der Waals surface area contributed by atoms with Gasteiger partial charge in [-0.1, -0.05) is 11.6 Å². The van der Waals surface area contributed by atoms with Gasteiger partial charge in [0, 0.05) is 49.6 Å². The zero-order valence-electron chi connectivity index (χ0n) is 18.8. The zero-order chi connectivity index (χ0) is 23.3. The summed E-state index contributed by atoms with van der Waals surface area (Å²) >= 11 is 6.24. The normalized spacial score (nSPS) is 21.3. The molecule has 2 aliphatic rings. The van der Waals surface area contributed by atoms with Gasteiger partial charge in [0.15, 0.2) is 5.15 Å². The maximum atomic E-state index is 14.7. The van der Waals surface area contributed by atoms with E-state index in [1.807, 2.05) is 0 Å². The Hall–Kier alpha value is -2.47. The molecule has 33 heavy (non-hydrogen) atoms. The topological polar surface area (TPSA) is 94.9 Å². The van der Waals surface area contributed by atoms with E-state index in [2.05, 4.69) is 32.0 Å². The highest BCUT2D eigenvalue weighted by Gasteiger charge is 2.43. The molecule has 0 aromatic carbocycles. The first-order valence-electron chi connectivity index (χ1n) is 11.5. The smallest absolute Gasteiger partial charge is 0.152 e. The number of nitrogens with one attached hydrogen (secondary N) is 3. The third-order valence-electron chi connectivity index (χ3n) is 6.53. The van der Waals surface area contributed by atoms with Crippen LogP contribution in [0.2, 0.25) is 5.15 Å². The lowest BCUT2D eigenvalue weighted by atomic mass is 9.91. The lowest BCUT2D eigenvalue weighted by molar-refractivity contribution is 0.191. The highest BCUT2D eigenvalue weighted by atomic mass is 35.5. The van der Waals surface area contributed by atoms with Gasteiger partial charge in [0.1, 0.15) is 11.6 Å². The van der Waals surface area contributed by atoms with Crippen LogP contribution < -0.4 is 16.0 Å². The van der Waals surface area contributed by atoms with Crippen molar-refractivity contribution in [3.05, 3.63) is 35.5 Å². The molecule has 4 rings (SSSR count). The van der Waals surface area contributed by atoms with Crippen LogP contribution in [-0.2, 0) is 4.74 Å². The van der Waals surface area contributed by atoms with Crippen LogP contribution in [0.5, 0.6) is 0 Å². The van der Waals surface area contributed by atoms with E-state index in [1.165, 1.54) is 6.20 Å². The van der Waals surface area contributed by atoms with Crippen molar-refractivity contribution in [2.45, 2.75) is 50.6 Å². The van der Waals surface area contributed by atoms with Gasteiger partial charge in [-0.05, 0) is 50.7 Å². The maximum Gasteiger partial charge on any atom is 0.152 e. The summed E-state index contributed by atoms with van der Waals surface area (Å²) in [5, 5.41) is 19.8. The lowest BCUT2D eigenvalue weighted by Crippen LogP contribution is -2.38. The van der Waals surface area contributed by atoms with Crippen LogP contribution in [-0.4, -0.2) is 48.9 Å². The van der Waals surface area contributed by atoms with Crippen molar-refractivity contribution >= 4 is 23.1 Å². The molecule has 2 aromatic rings. The molecule has 0 unspecified atom stereocenters. The van der Waals surface area contributed by atoms with Crippen molar-refractivity contribution in [2.24, 2.45) is 5.41 Å². The van der Waals surface area contributed by atoms with Crippen molar-refractivity contribution in [1.29, 1.82) is 5.26 Å². The second kappa shape index (κ2) is 10.6. The summed E-state index contributed by atoms with van der Waals surface area (Å²) in [7, 11) is 1.71. The van der Waals surface area contributed by atoms with E-state index in [1.54, 1.807) is 25.4 Å². The number of pyridine rings is 2. The van der Waals surface area contributed by atoms with Gasteiger partial charge in [-0.25, -0.2) is 14.4 Å². The van der Waals surface area contributed by atoms with Crippen LogP contribution in [0.25, 0.3) is 11.1 Å². The Balaban J connectivity index is 1.40. The molecule has 2 heterocycles. The van der Waals surface area contributed by atoms with E-state index < -0.39 is 5.82 Å². The van der Waals surface area contributed by atoms with E-state index in [-0.39, 0.29) is 5.41 Å². The van der Waals surface area contributed by atoms with E-state index in [0.717, 1.165) is 51.7 Å². The molecule has 0 saturated heterocycles. The Kier molecular flexibility index (Phi) is 7.63. The number of nitriles is 1. The minimum absolute atomic E-state index is 0.302.